The summed E-state index contributed by atoms with van der Waals surface area (Å²) in [6, 6.07) is 6.66. The zero-order valence-corrected chi connectivity index (χ0v) is 16.1. The standard InChI is InChI=1S/C17H20N4O5S/c1-12-19-14(11-18)17(26-12)20-6-8-21(9-7-20)27(22,23)16-10-13(24-2)4-5-15(16)25-3/h4-5,10H,6-9H2,1-3H3. The first kappa shape index (κ1) is 19.0. The fraction of sp³-hybridized carbons (Fsp3) is 0.412. The Balaban J connectivity index is 1.82. The third kappa shape index (κ3) is 3.56. The quantitative estimate of drug-likeness (QED) is 0.751. The molecule has 27 heavy (non-hydrogen) atoms. The molecule has 1 aliphatic rings. The largest absolute Gasteiger partial charge is 0.497 e. The zero-order valence-electron chi connectivity index (χ0n) is 15.3. The Morgan fingerprint density at radius 1 is 1.19 bits per heavy atom. The van der Waals surface area contributed by atoms with E-state index < -0.39 is 10.0 Å². The van der Waals surface area contributed by atoms with Crippen LogP contribution in [0.1, 0.15) is 11.6 Å². The number of oxazole rings is 1. The first-order chi connectivity index (χ1) is 12.9. The molecule has 1 aromatic carbocycles. The molecule has 0 saturated carbocycles. The Labute approximate surface area is 157 Å². The summed E-state index contributed by atoms with van der Waals surface area (Å²) < 4.78 is 43.4. The molecule has 144 valence electrons. The van der Waals surface area contributed by atoms with Crippen LogP contribution < -0.4 is 14.4 Å². The van der Waals surface area contributed by atoms with Crippen molar-refractivity contribution in [2.45, 2.75) is 11.8 Å². The molecule has 0 atom stereocenters. The summed E-state index contributed by atoms with van der Waals surface area (Å²) in [5, 5.41) is 9.17. The molecule has 0 N–H and O–H groups in total. The van der Waals surface area contributed by atoms with Gasteiger partial charge in [-0.2, -0.15) is 9.57 Å². The second kappa shape index (κ2) is 7.46. The van der Waals surface area contributed by atoms with Crippen LogP contribution >= 0.6 is 0 Å². The monoisotopic (exact) mass is 392 g/mol. The molecule has 0 spiro atoms. The third-order valence-corrected chi connectivity index (χ3v) is 6.26. The van der Waals surface area contributed by atoms with Crippen molar-refractivity contribution in [1.29, 1.82) is 5.26 Å². The minimum atomic E-state index is -3.76. The van der Waals surface area contributed by atoms with Crippen LogP contribution in [-0.4, -0.2) is 58.1 Å². The fourth-order valence-electron chi connectivity index (χ4n) is 2.96. The summed E-state index contributed by atoms with van der Waals surface area (Å²) in [7, 11) is -0.863. The van der Waals surface area contributed by atoms with E-state index in [9.17, 15) is 8.42 Å². The van der Waals surface area contributed by atoms with E-state index in [1.54, 1.807) is 19.1 Å². The van der Waals surface area contributed by atoms with Gasteiger partial charge in [0.05, 0.1) is 14.2 Å². The number of sulfonamides is 1. The smallest absolute Gasteiger partial charge is 0.247 e. The van der Waals surface area contributed by atoms with Crippen LogP contribution in [0.25, 0.3) is 0 Å². The van der Waals surface area contributed by atoms with E-state index in [1.165, 1.54) is 24.6 Å². The Hall–Kier alpha value is -2.77. The van der Waals surface area contributed by atoms with Gasteiger partial charge in [-0.3, -0.25) is 0 Å². The number of nitrogens with zero attached hydrogens (tertiary/aromatic N) is 4. The lowest BCUT2D eigenvalue weighted by molar-refractivity contribution is 0.363. The van der Waals surface area contributed by atoms with Gasteiger partial charge in [-0.05, 0) is 12.1 Å². The number of aryl methyl sites for hydroxylation is 1. The lowest BCUT2D eigenvalue weighted by atomic mass is 10.3. The summed E-state index contributed by atoms with van der Waals surface area (Å²) in [5.74, 6) is 1.48. The number of ether oxygens (including phenoxy) is 2. The summed E-state index contributed by atoms with van der Waals surface area (Å²) in [4.78, 5) is 5.92. The molecule has 1 fully saturated rings. The van der Waals surface area contributed by atoms with Crippen molar-refractivity contribution in [3.05, 3.63) is 29.8 Å². The number of methoxy groups -OCH3 is 2. The first-order valence-electron chi connectivity index (χ1n) is 8.25. The maximum atomic E-state index is 13.1. The van der Waals surface area contributed by atoms with Crippen molar-refractivity contribution in [3.8, 4) is 17.6 Å². The maximum Gasteiger partial charge on any atom is 0.247 e. The second-order valence-electron chi connectivity index (χ2n) is 5.91. The van der Waals surface area contributed by atoms with Gasteiger partial charge in [0.25, 0.3) is 0 Å². The van der Waals surface area contributed by atoms with E-state index in [0.29, 0.717) is 30.6 Å². The molecule has 3 rings (SSSR count). The summed E-state index contributed by atoms with van der Waals surface area (Å²) in [6.07, 6.45) is 0. The van der Waals surface area contributed by atoms with Crippen LogP contribution in [0.3, 0.4) is 0 Å². The van der Waals surface area contributed by atoms with Gasteiger partial charge in [0.2, 0.25) is 21.6 Å². The fourth-order valence-corrected chi connectivity index (χ4v) is 4.55. The summed E-state index contributed by atoms with van der Waals surface area (Å²) >= 11 is 0. The number of anilines is 1. The molecular weight excluding hydrogens is 372 g/mol. The van der Waals surface area contributed by atoms with Crippen LogP contribution in [0.4, 0.5) is 5.88 Å². The van der Waals surface area contributed by atoms with Crippen molar-refractivity contribution >= 4 is 15.9 Å². The highest BCUT2D eigenvalue weighted by Gasteiger charge is 2.33. The number of nitriles is 1. The Bertz CT molecular complexity index is 972. The van der Waals surface area contributed by atoms with Gasteiger partial charge in [0, 0.05) is 39.2 Å². The Kier molecular flexibility index (Phi) is 5.25. The Morgan fingerprint density at radius 3 is 2.48 bits per heavy atom. The molecule has 9 nitrogen and oxygen atoms in total. The number of aromatic nitrogens is 1. The van der Waals surface area contributed by atoms with Crippen LogP contribution in [0.5, 0.6) is 11.5 Å². The van der Waals surface area contributed by atoms with Crippen LogP contribution in [-0.2, 0) is 10.0 Å². The van der Waals surface area contributed by atoms with Gasteiger partial charge in [0.1, 0.15) is 22.5 Å². The van der Waals surface area contributed by atoms with Gasteiger partial charge in [-0.25, -0.2) is 13.4 Å². The molecule has 2 aromatic rings. The molecule has 1 aliphatic heterocycles. The van der Waals surface area contributed by atoms with Gasteiger partial charge < -0.3 is 18.8 Å². The molecule has 2 heterocycles. The van der Waals surface area contributed by atoms with Crippen molar-refractivity contribution in [3.63, 3.8) is 0 Å². The molecule has 0 aliphatic carbocycles. The molecular formula is C17H20N4O5S. The number of benzene rings is 1. The molecule has 0 unspecified atom stereocenters. The molecule has 0 bridgehead atoms. The number of hydrogen-bond donors (Lipinski definition) is 0. The summed E-state index contributed by atoms with van der Waals surface area (Å²) in [5.41, 5.74) is 0.207. The van der Waals surface area contributed by atoms with Crippen LogP contribution in [0.15, 0.2) is 27.5 Å². The van der Waals surface area contributed by atoms with E-state index >= 15 is 0 Å². The predicted molar refractivity (Wildman–Crippen MR) is 96.5 cm³/mol. The van der Waals surface area contributed by atoms with Crippen LogP contribution in [0.2, 0.25) is 0 Å². The molecule has 1 saturated heterocycles. The minimum absolute atomic E-state index is 0.0611. The van der Waals surface area contributed by atoms with Gasteiger partial charge in [0.15, 0.2) is 5.89 Å². The van der Waals surface area contributed by atoms with Crippen molar-refractivity contribution in [2.24, 2.45) is 0 Å². The van der Waals surface area contributed by atoms with E-state index in [4.69, 9.17) is 19.2 Å². The van der Waals surface area contributed by atoms with Crippen molar-refractivity contribution in [1.82, 2.24) is 9.29 Å². The molecule has 0 radical (unpaired) electrons. The van der Waals surface area contributed by atoms with Crippen LogP contribution in [0, 0.1) is 18.3 Å². The summed E-state index contributed by atoms with van der Waals surface area (Å²) in [6.45, 7) is 2.92. The van der Waals surface area contributed by atoms with E-state index in [0.717, 1.165) is 0 Å². The highest BCUT2D eigenvalue weighted by molar-refractivity contribution is 7.89. The minimum Gasteiger partial charge on any atom is -0.497 e. The van der Waals surface area contributed by atoms with Gasteiger partial charge >= 0.3 is 0 Å². The normalized spacial score (nSPS) is 15.4. The number of piperazine rings is 1. The Morgan fingerprint density at radius 2 is 1.89 bits per heavy atom. The third-order valence-electron chi connectivity index (χ3n) is 4.34. The van der Waals surface area contributed by atoms with Crippen molar-refractivity contribution in [2.75, 3.05) is 45.3 Å². The van der Waals surface area contributed by atoms with E-state index in [-0.39, 0.29) is 29.4 Å². The zero-order chi connectivity index (χ0) is 19.6. The van der Waals surface area contributed by atoms with Crippen molar-refractivity contribution < 1.29 is 22.3 Å². The average Bonchev–Trinajstić information content (AvgIpc) is 3.08. The first-order valence-corrected chi connectivity index (χ1v) is 9.69. The second-order valence-corrected chi connectivity index (χ2v) is 7.81. The predicted octanol–water partition coefficient (Wildman–Crippen LogP) is 1.38. The number of rotatable bonds is 5. The lowest BCUT2D eigenvalue weighted by Crippen LogP contribution is -2.48. The van der Waals surface area contributed by atoms with E-state index in [2.05, 4.69) is 4.98 Å². The SMILES string of the molecule is COc1ccc(OC)c(S(=O)(=O)N2CCN(c3oc(C)nc3C#N)CC2)c1. The molecule has 10 heteroatoms. The highest BCUT2D eigenvalue weighted by atomic mass is 32.2. The topological polar surface area (TPSA) is 109 Å². The molecule has 0 amide bonds. The van der Waals surface area contributed by atoms with Gasteiger partial charge in [-0.15, -0.1) is 0 Å². The number of hydrogen-bond acceptors (Lipinski definition) is 8. The van der Waals surface area contributed by atoms with E-state index in [1.807, 2.05) is 11.0 Å². The lowest BCUT2D eigenvalue weighted by Gasteiger charge is -2.33. The molecule has 1 aromatic heterocycles. The maximum absolute atomic E-state index is 13.1. The van der Waals surface area contributed by atoms with Gasteiger partial charge in [-0.1, -0.05) is 0 Å². The average molecular weight is 392 g/mol. The highest BCUT2D eigenvalue weighted by Crippen LogP contribution is 2.31.